The number of thiocarbonyl (C=S) groups is 1. The van der Waals surface area contributed by atoms with Gasteiger partial charge in [-0.05, 0) is 61.1 Å². The van der Waals surface area contributed by atoms with E-state index in [9.17, 15) is 4.79 Å². The van der Waals surface area contributed by atoms with Crippen LogP contribution in [0.4, 0.5) is 5.69 Å². The van der Waals surface area contributed by atoms with Gasteiger partial charge in [0.2, 0.25) is 0 Å². The number of aromatic nitrogens is 1. The van der Waals surface area contributed by atoms with Gasteiger partial charge in [-0.1, -0.05) is 53.0 Å². The number of carbonyl (C=O) groups excluding carboxylic acids is 1. The van der Waals surface area contributed by atoms with Gasteiger partial charge in [-0.3, -0.25) is 10.1 Å². The first-order valence-electron chi connectivity index (χ1n) is 9.05. The van der Waals surface area contributed by atoms with E-state index in [0.717, 1.165) is 20.8 Å². The summed E-state index contributed by atoms with van der Waals surface area (Å²) in [6, 6.07) is 16.3. The lowest BCUT2D eigenvalue weighted by molar-refractivity contribution is 0.0977. The number of hydrogen-bond donors (Lipinski definition) is 2. The second kappa shape index (κ2) is 9.10. The summed E-state index contributed by atoms with van der Waals surface area (Å²) in [5.41, 5.74) is 3.40. The minimum absolute atomic E-state index is 0.0983. The van der Waals surface area contributed by atoms with Crippen LogP contribution in [0.5, 0.6) is 0 Å². The lowest BCUT2D eigenvalue weighted by Gasteiger charge is -2.13. The fourth-order valence-electron chi connectivity index (χ4n) is 2.86. The van der Waals surface area contributed by atoms with Crippen LogP contribution in [-0.2, 0) is 0 Å². The van der Waals surface area contributed by atoms with Crippen molar-refractivity contribution < 1.29 is 4.79 Å². The quantitative estimate of drug-likeness (QED) is 0.285. The third-order valence-electron chi connectivity index (χ3n) is 4.49. The molecule has 1 aromatic heterocycles. The first-order valence-corrected chi connectivity index (χ1v) is 11.4. The molecule has 0 aliphatic heterocycles. The third-order valence-corrected chi connectivity index (χ3v) is 6.80. The standard InChI is InChI=1S/C22H14Cl3N3OS2/c1-11-6-7-12(8-14(11)23)20(29)28-22(30)27-18-9-13(15(24)10-16(18)25)21-26-17-4-2-3-5-19(17)31-21/h2-10H,1H3,(H2,27,28,29,30). The van der Waals surface area contributed by atoms with Crippen molar-refractivity contribution >= 4 is 85.3 Å². The summed E-state index contributed by atoms with van der Waals surface area (Å²) in [4.78, 5) is 17.1. The number of fused-ring (bicyclic) bond motifs is 1. The van der Waals surface area contributed by atoms with Gasteiger partial charge < -0.3 is 5.32 Å². The van der Waals surface area contributed by atoms with Crippen molar-refractivity contribution in [3.8, 4) is 10.6 Å². The minimum Gasteiger partial charge on any atom is -0.331 e. The molecule has 156 valence electrons. The molecular weight excluding hydrogens is 493 g/mol. The fraction of sp³-hybridized carbons (Fsp3) is 0.0455. The van der Waals surface area contributed by atoms with Crippen LogP contribution in [0, 0.1) is 6.92 Å². The zero-order valence-electron chi connectivity index (χ0n) is 16.0. The van der Waals surface area contributed by atoms with Crippen molar-refractivity contribution in [2.75, 3.05) is 5.32 Å². The number of aryl methyl sites for hydroxylation is 1. The molecule has 0 unspecified atom stereocenters. The second-order valence-electron chi connectivity index (χ2n) is 6.67. The zero-order valence-corrected chi connectivity index (χ0v) is 19.9. The Labute approximate surface area is 203 Å². The molecule has 1 heterocycles. The van der Waals surface area contributed by atoms with Gasteiger partial charge in [0.15, 0.2) is 5.11 Å². The summed E-state index contributed by atoms with van der Waals surface area (Å²) in [7, 11) is 0. The number of rotatable bonds is 3. The summed E-state index contributed by atoms with van der Waals surface area (Å²) in [5, 5.41) is 7.79. The molecule has 4 aromatic rings. The van der Waals surface area contributed by atoms with Gasteiger partial charge in [-0.25, -0.2) is 4.98 Å². The molecule has 1 amide bonds. The van der Waals surface area contributed by atoms with Crippen LogP contribution in [0.1, 0.15) is 15.9 Å². The number of halogens is 3. The van der Waals surface area contributed by atoms with Crippen molar-refractivity contribution in [1.82, 2.24) is 10.3 Å². The van der Waals surface area contributed by atoms with Crippen LogP contribution >= 0.6 is 58.4 Å². The summed E-state index contributed by atoms with van der Waals surface area (Å²) in [5.74, 6) is -0.379. The topological polar surface area (TPSA) is 54.0 Å². The number of nitrogens with zero attached hydrogens (tertiary/aromatic N) is 1. The lowest BCUT2D eigenvalue weighted by atomic mass is 10.1. The normalized spacial score (nSPS) is 10.8. The van der Waals surface area contributed by atoms with Gasteiger partial charge in [0.1, 0.15) is 5.01 Å². The van der Waals surface area contributed by atoms with Crippen molar-refractivity contribution in [2.24, 2.45) is 0 Å². The SMILES string of the molecule is Cc1ccc(C(=O)NC(=S)Nc2cc(-c3nc4ccccc4s3)c(Cl)cc2Cl)cc1Cl. The Morgan fingerprint density at radius 2 is 1.77 bits per heavy atom. The predicted octanol–water partition coefficient (Wildman–Crippen LogP) is 7.36. The first kappa shape index (κ1) is 22.0. The molecule has 31 heavy (non-hydrogen) atoms. The van der Waals surface area contributed by atoms with E-state index in [1.54, 1.807) is 30.3 Å². The van der Waals surface area contributed by atoms with E-state index in [4.69, 9.17) is 47.0 Å². The van der Waals surface area contributed by atoms with Crippen molar-refractivity contribution in [3.05, 3.63) is 80.8 Å². The largest absolute Gasteiger partial charge is 0.331 e. The molecule has 4 rings (SSSR count). The van der Waals surface area contributed by atoms with Crippen LogP contribution in [0.15, 0.2) is 54.6 Å². The van der Waals surface area contributed by atoms with Crippen LogP contribution in [0.2, 0.25) is 15.1 Å². The lowest BCUT2D eigenvalue weighted by Crippen LogP contribution is -2.34. The molecule has 0 aliphatic carbocycles. The zero-order chi connectivity index (χ0) is 22.1. The van der Waals surface area contributed by atoms with E-state index in [-0.39, 0.29) is 11.0 Å². The number of para-hydroxylation sites is 1. The maximum absolute atomic E-state index is 12.5. The third kappa shape index (κ3) is 4.84. The number of amides is 1. The Hall–Kier alpha value is -2.22. The maximum Gasteiger partial charge on any atom is 0.257 e. The molecule has 3 aromatic carbocycles. The molecular formula is C22H14Cl3N3OS2. The Morgan fingerprint density at radius 3 is 2.52 bits per heavy atom. The van der Waals surface area contributed by atoms with Gasteiger partial charge in [0.05, 0.1) is 25.9 Å². The Kier molecular flexibility index (Phi) is 6.46. The van der Waals surface area contributed by atoms with Crippen LogP contribution in [0.25, 0.3) is 20.8 Å². The summed E-state index contributed by atoms with van der Waals surface area (Å²) in [6.07, 6.45) is 0. The number of benzene rings is 3. The average Bonchev–Trinajstić information content (AvgIpc) is 3.15. The van der Waals surface area contributed by atoms with Crippen LogP contribution in [0.3, 0.4) is 0 Å². The van der Waals surface area contributed by atoms with Crippen LogP contribution < -0.4 is 10.6 Å². The molecule has 0 saturated carbocycles. The molecule has 4 nitrogen and oxygen atoms in total. The number of hydrogen-bond acceptors (Lipinski definition) is 4. The van der Waals surface area contributed by atoms with Gasteiger partial charge >= 0.3 is 0 Å². The number of thiazole rings is 1. The highest BCUT2D eigenvalue weighted by atomic mass is 35.5. The Bertz CT molecular complexity index is 1300. The van der Waals surface area contributed by atoms with Crippen molar-refractivity contribution in [3.63, 3.8) is 0 Å². The van der Waals surface area contributed by atoms with E-state index in [1.165, 1.54) is 11.3 Å². The molecule has 0 atom stereocenters. The maximum atomic E-state index is 12.5. The highest BCUT2D eigenvalue weighted by Crippen LogP contribution is 2.38. The van der Waals surface area contributed by atoms with Crippen LogP contribution in [-0.4, -0.2) is 16.0 Å². The Morgan fingerprint density at radius 1 is 1.00 bits per heavy atom. The number of nitrogens with one attached hydrogen (secondary N) is 2. The Balaban J connectivity index is 1.56. The molecule has 2 N–H and O–H groups in total. The van der Waals surface area contributed by atoms with Gasteiger partial charge in [-0.15, -0.1) is 11.3 Å². The molecule has 0 saturated heterocycles. The number of anilines is 1. The van der Waals surface area contributed by atoms with E-state index < -0.39 is 0 Å². The van der Waals surface area contributed by atoms with Gasteiger partial charge in [0, 0.05) is 16.1 Å². The summed E-state index contributed by atoms with van der Waals surface area (Å²) in [6.45, 7) is 1.86. The van der Waals surface area contributed by atoms with E-state index >= 15 is 0 Å². The molecule has 0 radical (unpaired) electrons. The molecule has 0 bridgehead atoms. The highest BCUT2D eigenvalue weighted by Gasteiger charge is 2.15. The summed E-state index contributed by atoms with van der Waals surface area (Å²) >= 11 is 25.7. The second-order valence-corrected chi connectivity index (χ2v) is 9.33. The number of carbonyl (C=O) groups is 1. The monoisotopic (exact) mass is 505 g/mol. The smallest absolute Gasteiger partial charge is 0.257 e. The molecule has 0 fully saturated rings. The molecule has 9 heteroatoms. The fourth-order valence-corrected chi connectivity index (χ4v) is 4.81. The highest BCUT2D eigenvalue weighted by molar-refractivity contribution is 7.80. The minimum atomic E-state index is -0.379. The molecule has 0 spiro atoms. The van der Waals surface area contributed by atoms with E-state index in [0.29, 0.717) is 31.9 Å². The first-order chi connectivity index (χ1) is 14.8. The summed E-state index contributed by atoms with van der Waals surface area (Å²) < 4.78 is 1.05. The van der Waals surface area contributed by atoms with E-state index in [1.807, 2.05) is 31.2 Å². The van der Waals surface area contributed by atoms with Crippen molar-refractivity contribution in [2.45, 2.75) is 6.92 Å². The predicted molar refractivity (Wildman–Crippen MR) is 135 cm³/mol. The molecule has 0 aliphatic rings. The average molecular weight is 507 g/mol. The van der Waals surface area contributed by atoms with Gasteiger partial charge in [0.25, 0.3) is 5.91 Å². The van der Waals surface area contributed by atoms with Gasteiger partial charge in [-0.2, -0.15) is 0 Å². The van der Waals surface area contributed by atoms with Crippen molar-refractivity contribution in [1.29, 1.82) is 0 Å². The van der Waals surface area contributed by atoms with E-state index in [2.05, 4.69) is 15.6 Å².